The molecule has 0 fully saturated rings. The topological polar surface area (TPSA) is 59.0 Å². The smallest absolute Gasteiger partial charge is 0.406 e. The normalized spacial score (nSPS) is 12.9. The molecule has 0 aliphatic heterocycles. The molecule has 92 valence electrons. The molecular weight excluding hydrogens is 233 g/mol. The van der Waals surface area contributed by atoms with E-state index >= 15 is 0 Å². The molecule has 1 rings (SSSR count). The van der Waals surface area contributed by atoms with E-state index in [4.69, 9.17) is 11.0 Å². The van der Waals surface area contributed by atoms with Crippen LogP contribution in [0.4, 0.5) is 13.2 Å². The summed E-state index contributed by atoms with van der Waals surface area (Å²) >= 11 is 0. The van der Waals surface area contributed by atoms with Gasteiger partial charge in [-0.05, 0) is 24.1 Å². The minimum Gasteiger partial charge on any atom is -0.406 e. The fourth-order valence-electron chi connectivity index (χ4n) is 1.33. The van der Waals surface area contributed by atoms with Crippen molar-refractivity contribution in [2.45, 2.75) is 25.2 Å². The Hall–Kier alpha value is -1.74. The predicted molar refractivity (Wildman–Crippen MR) is 54.9 cm³/mol. The van der Waals surface area contributed by atoms with Crippen molar-refractivity contribution < 1.29 is 17.9 Å². The first-order valence-corrected chi connectivity index (χ1v) is 4.90. The van der Waals surface area contributed by atoms with Gasteiger partial charge in [0.25, 0.3) is 0 Å². The molecule has 0 bridgehead atoms. The van der Waals surface area contributed by atoms with Gasteiger partial charge >= 0.3 is 6.36 Å². The van der Waals surface area contributed by atoms with Gasteiger partial charge in [-0.2, -0.15) is 5.26 Å². The van der Waals surface area contributed by atoms with E-state index in [2.05, 4.69) is 4.74 Å². The fraction of sp³-hybridized carbons (Fsp3) is 0.364. The lowest BCUT2D eigenvalue weighted by molar-refractivity contribution is -0.274. The highest BCUT2D eigenvalue weighted by Crippen LogP contribution is 2.26. The Balaban J connectivity index is 2.75. The van der Waals surface area contributed by atoms with Crippen LogP contribution < -0.4 is 10.5 Å². The molecule has 0 saturated heterocycles. The maximum absolute atomic E-state index is 12.0. The van der Waals surface area contributed by atoms with E-state index in [0.717, 1.165) is 0 Å². The number of nitrogens with two attached hydrogens (primary N) is 1. The van der Waals surface area contributed by atoms with E-state index in [1.807, 2.05) is 6.07 Å². The standard InChI is InChI=1S/C11H11F3N2O/c12-11(13,14)17-9-4-1-3-8(7-9)10(16)5-2-6-15/h1,3-4,7,10H,2,5,16H2/t10-/m0/s1. The third kappa shape index (κ3) is 4.74. The Labute approximate surface area is 96.6 Å². The van der Waals surface area contributed by atoms with Gasteiger partial charge in [-0.15, -0.1) is 13.2 Å². The summed E-state index contributed by atoms with van der Waals surface area (Å²) in [5.74, 6) is -0.303. The molecule has 0 heterocycles. The Bertz CT molecular complexity index is 412. The van der Waals surface area contributed by atoms with Gasteiger partial charge in [-0.1, -0.05) is 12.1 Å². The van der Waals surface area contributed by atoms with Crippen LogP contribution in [0.3, 0.4) is 0 Å². The number of hydrogen-bond acceptors (Lipinski definition) is 3. The number of ether oxygens (including phenoxy) is 1. The molecule has 0 spiro atoms. The minimum absolute atomic E-state index is 0.255. The van der Waals surface area contributed by atoms with Crippen LogP contribution in [0.15, 0.2) is 24.3 Å². The summed E-state index contributed by atoms with van der Waals surface area (Å²) in [6.07, 6.45) is -4.06. The predicted octanol–water partition coefficient (Wildman–Crippen LogP) is 2.89. The first kappa shape index (κ1) is 13.3. The quantitative estimate of drug-likeness (QED) is 0.885. The molecule has 2 N–H and O–H groups in total. The van der Waals surface area contributed by atoms with Crippen molar-refractivity contribution in [3.8, 4) is 11.8 Å². The summed E-state index contributed by atoms with van der Waals surface area (Å²) in [7, 11) is 0. The molecule has 0 aliphatic carbocycles. The SMILES string of the molecule is N#CCC[C@H](N)c1cccc(OC(F)(F)F)c1. The molecule has 0 aliphatic rings. The van der Waals surface area contributed by atoms with Gasteiger partial charge in [0.05, 0.1) is 6.07 Å². The van der Waals surface area contributed by atoms with E-state index < -0.39 is 12.4 Å². The van der Waals surface area contributed by atoms with Crippen LogP contribution in [-0.2, 0) is 0 Å². The Kier molecular flexibility index (Phi) is 4.35. The Morgan fingerprint density at radius 3 is 2.71 bits per heavy atom. The van der Waals surface area contributed by atoms with Crippen LogP contribution in [0, 0.1) is 11.3 Å². The number of rotatable bonds is 4. The Morgan fingerprint density at radius 2 is 2.12 bits per heavy atom. The number of halogens is 3. The first-order chi connectivity index (χ1) is 7.92. The maximum atomic E-state index is 12.0. The van der Waals surface area contributed by atoms with Gasteiger partial charge in [-0.25, -0.2) is 0 Å². The number of alkyl halides is 3. The number of benzene rings is 1. The van der Waals surface area contributed by atoms with E-state index in [1.165, 1.54) is 18.2 Å². The second kappa shape index (κ2) is 5.55. The summed E-state index contributed by atoms with van der Waals surface area (Å²) in [6.45, 7) is 0. The molecule has 1 aromatic rings. The van der Waals surface area contributed by atoms with Gasteiger partial charge in [0.1, 0.15) is 5.75 Å². The van der Waals surface area contributed by atoms with Gasteiger partial charge in [-0.3, -0.25) is 0 Å². The zero-order valence-electron chi connectivity index (χ0n) is 8.87. The van der Waals surface area contributed by atoms with Crippen molar-refractivity contribution in [2.75, 3.05) is 0 Å². The van der Waals surface area contributed by atoms with Gasteiger partial charge < -0.3 is 10.5 Å². The lowest BCUT2D eigenvalue weighted by atomic mass is 10.0. The average molecular weight is 244 g/mol. The minimum atomic E-state index is -4.71. The van der Waals surface area contributed by atoms with Crippen LogP contribution in [0.5, 0.6) is 5.75 Å². The van der Waals surface area contributed by atoms with Crippen LogP contribution >= 0.6 is 0 Å². The second-order valence-corrected chi connectivity index (χ2v) is 3.42. The van der Waals surface area contributed by atoms with Crippen molar-refractivity contribution in [1.29, 1.82) is 5.26 Å². The van der Waals surface area contributed by atoms with Crippen molar-refractivity contribution >= 4 is 0 Å². The molecule has 0 unspecified atom stereocenters. The summed E-state index contributed by atoms with van der Waals surface area (Å²) in [4.78, 5) is 0. The molecule has 1 aromatic carbocycles. The van der Waals surface area contributed by atoms with Crippen molar-refractivity contribution in [2.24, 2.45) is 5.73 Å². The highest BCUT2D eigenvalue weighted by atomic mass is 19.4. The third-order valence-corrected chi connectivity index (χ3v) is 2.09. The zero-order valence-corrected chi connectivity index (χ0v) is 8.87. The highest BCUT2D eigenvalue weighted by Gasteiger charge is 2.31. The summed E-state index contributed by atoms with van der Waals surface area (Å²) in [6, 6.07) is 6.93. The molecule has 0 saturated carbocycles. The molecule has 0 amide bonds. The van der Waals surface area contributed by atoms with Crippen LogP contribution in [0.25, 0.3) is 0 Å². The largest absolute Gasteiger partial charge is 0.573 e. The summed E-state index contributed by atoms with van der Waals surface area (Å²) in [5.41, 5.74) is 6.24. The Morgan fingerprint density at radius 1 is 1.41 bits per heavy atom. The van der Waals surface area contributed by atoms with Crippen molar-refractivity contribution in [3.05, 3.63) is 29.8 Å². The molecule has 0 aromatic heterocycles. The molecule has 3 nitrogen and oxygen atoms in total. The van der Waals surface area contributed by atoms with Crippen molar-refractivity contribution in [1.82, 2.24) is 0 Å². The zero-order chi connectivity index (χ0) is 12.9. The summed E-state index contributed by atoms with van der Waals surface area (Å²) < 4.78 is 39.7. The fourth-order valence-corrected chi connectivity index (χ4v) is 1.33. The molecule has 0 radical (unpaired) electrons. The van der Waals surface area contributed by atoms with Crippen LogP contribution in [-0.4, -0.2) is 6.36 Å². The van der Waals surface area contributed by atoms with E-state index in [0.29, 0.717) is 12.0 Å². The molecule has 17 heavy (non-hydrogen) atoms. The average Bonchev–Trinajstić information content (AvgIpc) is 2.24. The highest BCUT2D eigenvalue weighted by molar-refractivity contribution is 5.30. The second-order valence-electron chi connectivity index (χ2n) is 3.42. The monoisotopic (exact) mass is 244 g/mol. The van der Waals surface area contributed by atoms with E-state index in [9.17, 15) is 13.2 Å². The van der Waals surface area contributed by atoms with Crippen LogP contribution in [0.2, 0.25) is 0 Å². The maximum Gasteiger partial charge on any atom is 0.573 e. The van der Waals surface area contributed by atoms with E-state index in [-0.39, 0.29) is 12.2 Å². The number of hydrogen-bond donors (Lipinski definition) is 1. The summed E-state index contributed by atoms with van der Waals surface area (Å²) in [5, 5.41) is 8.39. The number of nitrogens with zero attached hydrogens (tertiary/aromatic N) is 1. The van der Waals surface area contributed by atoms with Gasteiger partial charge in [0.2, 0.25) is 0 Å². The molecule has 6 heteroatoms. The number of nitriles is 1. The van der Waals surface area contributed by atoms with E-state index in [1.54, 1.807) is 6.07 Å². The van der Waals surface area contributed by atoms with Crippen molar-refractivity contribution in [3.63, 3.8) is 0 Å². The lowest BCUT2D eigenvalue weighted by Gasteiger charge is -2.13. The lowest BCUT2D eigenvalue weighted by Crippen LogP contribution is -2.17. The van der Waals surface area contributed by atoms with Gasteiger partial charge in [0.15, 0.2) is 0 Å². The first-order valence-electron chi connectivity index (χ1n) is 4.90. The van der Waals surface area contributed by atoms with Gasteiger partial charge in [0, 0.05) is 12.5 Å². The molecule has 1 atom stereocenters. The molecular formula is C11H11F3N2O. The van der Waals surface area contributed by atoms with Crippen LogP contribution in [0.1, 0.15) is 24.4 Å². The third-order valence-electron chi connectivity index (χ3n) is 2.09.